The number of methoxy groups -OCH3 is 1. The molecule has 0 aliphatic rings. The van der Waals surface area contributed by atoms with Crippen molar-refractivity contribution in [2.24, 2.45) is 0 Å². The van der Waals surface area contributed by atoms with E-state index >= 15 is 0 Å². The summed E-state index contributed by atoms with van der Waals surface area (Å²) in [6.45, 7) is 7.28. The molecule has 1 N–H and O–H groups in total. The molecule has 0 fully saturated rings. The van der Waals surface area contributed by atoms with Crippen molar-refractivity contribution in [1.82, 2.24) is 4.98 Å². The van der Waals surface area contributed by atoms with Crippen LogP contribution in [-0.4, -0.2) is 48.9 Å². The van der Waals surface area contributed by atoms with E-state index in [0.717, 1.165) is 50.9 Å². The highest BCUT2D eigenvalue weighted by Crippen LogP contribution is 2.47. The quantitative estimate of drug-likeness (QED) is 0.109. The molecule has 0 saturated heterocycles. The van der Waals surface area contributed by atoms with E-state index in [2.05, 4.69) is 4.98 Å². The van der Waals surface area contributed by atoms with Crippen LogP contribution in [0.5, 0.6) is 23.0 Å². The van der Waals surface area contributed by atoms with Crippen molar-refractivity contribution in [3.05, 3.63) is 90.9 Å². The van der Waals surface area contributed by atoms with Gasteiger partial charge in [-0.05, 0) is 106 Å². The minimum Gasteiger partial charge on any atom is -0.508 e. The summed E-state index contributed by atoms with van der Waals surface area (Å²) in [5.74, 6) is 1.86. The van der Waals surface area contributed by atoms with Gasteiger partial charge in [0.05, 0.1) is 29.0 Å². The first-order valence-corrected chi connectivity index (χ1v) is 15.4. The molecule has 3 aromatic carbocycles. The van der Waals surface area contributed by atoms with Gasteiger partial charge in [0.1, 0.15) is 36.0 Å². The van der Waals surface area contributed by atoms with Crippen LogP contribution in [-0.2, 0) is 14.3 Å². The monoisotopic (exact) mass is 631 g/mol. The first-order chi connectivity index (χ1) is 21.7. The molecule has 0 spiro atoms. The number of phenolic OH excluding ortho intramolecular Hbond substituents is 1. The molecular weight excluding hydrogens is 593 g/mol. The molecule has 5 aromatic rings. The lowest BCUT2D eigenvalue weighted by atomic mass is 10.1. The van der Waals surface area contributed by atoms with E-state index in [1.165, 1.54) is 23.5 Å². The molecule has 9 heteroatoms. The van der Waals surface area contributed by atoms with Gasteiger partial charge in [-0.15, -0.1) is 11.3 Å². The predicted octanol–water partition coefficient (Wildman–Crippen LogP) is 9.07. The number of ether oxygens (including phenoxy) is 4. The number of halogens is 1. The van der Waals surface area contributed by atoms with E-state index in [4.69, 9.17) is 18.9 Å². The summed E-state index contributed by atoms with van der Waals surface area (Å²) < 4.78 is 36.6. The summed E-state index contributed by atoms with van der Waals surface area (Å²) in [6, 6.07) is 22.9. The van der Waals surface area contributed by atoms with Gasteiger partial charge >= 0.3 is 0 Å². The molecule has 45 heavy (non-hydrogen) atoms. The van der Waals surface area contributed by atoms with Crippen LogP contribution in [0.2, 0.25) is 0 Å². The molecule has 0 radical (unpaired) electrons. The van der Waals surface area contributed by atoms with Crippen LogP contribution in [0.1, 0.15) is 33.6 Å². The van der Waals surface area contributed by atoms with Crippen LogP contribution >= 0.6 is 11.3 Å². The lowest BCUT2D eigenvalue weighted by molar-refractivity contribution is -0.111. The highest BCUT2D eigenvalue weighted by molar-refractivity contribution is 7.22. The van der Waals surface area contributed by atoms with Crippen LogP contribution in [0.4, 0.5) is 4.39 Å². The lowest BCUT2D eigenvalue weighted by Gasteiger charge is -2.14. The third-order valence-corrected chi connectivity index (χ3v) is 7.77. The summed E-state index contributed by atoms with van der Waals surface area (Å²) >= 11 is 1.48. The SMILES string of the molecule is COC(C)(C)C.O=CCOCCCCOc1ccc(-c2ccc(Oc3c(-c4ccc(F)cc4)sc4cc(O)ccc34)cc2)nc1. The number of hydrogen-bond donors (Lipinski definition) is 1. The average Bonchev–Trinajstić information content (AvgIpc) is 3.38. The minimum absolute atomic E-state index is 0.0417. The Morgan fingerprint density at radius 2 is 1.56 bits per heavy atom. The molecule has 2 heterocycles. The van der Waals surface area contributed by atoms with Crippen molar-refractivity contribution >= 4 is 27.7 Å². The van der Waals surface area contributed by atoms with Crippen molar-refractivity contribution in [1.29, 1.82) is 0 Å². The molecular formula is C36H38FNO6S. The van der Waals surface area contributed by atoms with E-state index in [0.29, 0.717) is 30.5 Å². The second-order valence-corrected chi connectivity index (χ2v) is 12.1. The largest absolute Gasteiger partial charge is 0.508 e. The van der Waals surface area contributed by atoms with Crippen molar-refractivity contribution in [3.63, 3.8) is 0 Å². The van der Waals surface area contributed by atoms with Gasteiger partial charge in [-0.1, -0.05) is 12.1 Å². The number of hydrogen-bond acceptors (Lipinski definition) is 8. The van der Waals surface area contributed by atoms with Gasteiger partial charge in [-0.3, -0.25) is 4.98 Å². The van der Waals surface area contributed by atoms with E-state index in [-0.39, 0.29) is 23.8 Å². The summed E-state index contributed by atoms with van der Waals surface area (Å²) in [6.07, 6.45) is 4.09. The zero-order valence-electron chi connectivity index (χ0n) is 25.9. The third-order valence-electron chi connectivity index (χ3n) is 6.59. The Balaban J connectivity index is 0.000000700. The fourth-order valence-electron chi connectivity index (χ4n) is 4.03. The summed E-state index contributed by atoms with van der Waals surface area (Å²) in [4.78, 5) is 15.6. The number of aromatic nitrogens is 1. The molecule has 0 saturated carbocycles. The number of pyridine rings is 1. The average molecular weight is 632 g/mol. The van der Waals surface area contributed by atoms with Crippen LogP contribution in [0.25, 0.3) is 31.8 Å². The number of phenols is 1. The van der Waals surface area contributed by atoms with Gasteiger partial charge in [-0.2, -0.15) is 0 Å². The van der Waals surface area contributed by atoms with Crippen molar-refractivity contribution in [2.45, 2.75) is 39.2 Å². The van der Waals surface area contributed by atoms with E-state index < -0.39 is 0 Å². The number of fused-ring (bicyclic) bond motifs is 1. The number of aldehydes is 1. The zero-order valence-corrected chi connectivity index (χ0v) is 26.7. The van der Waals surface area contributed by atoms with Crippen LogP contribution in [0.15, 0.2) is 85.1 Å². The minimum atomic E-state index is -0.304. The fraction of sp³-hybridized carbons (Fsp3) is 0.278. The second kappa shape index (κ2) is 16.1. The maximum Gasteiger partial charge on any atom is 0.153 e. The molecule has 0 bridgehead atoms. The number of nitrogens with zero attached hydrogens (tertiary/aromatic N) is 1. The maximum atomic E-state index is 13.5. The Bertz CT molecular complexity index is 1650. The predicted molar refractivity (Wildman–Crippen MR) is 177 cm³/mol. The number of benzene rings is 3. The van der Waals surface area contributed by atoms with E-state index in [1.54, 1.807) is 37.6 Å². The normalized spacial score (nSPS) is 11.1. The van der Waals surface area contributed by atoms with E-state index in [9.17, 15) is 14.3 Å². The summed E-state index contributed by atoms with van der Waals surface area (Å²) in [7, 11) is 1.71. The fourth-order valence-corrected chi connectivity index (χ4v) is 5.20. The molecule has 236 valence electrons. The molecule has 5 rings (SSSR count). The standard InChI is InChI=1S/C31H26FNO5S.C5H12O/c32-23-7-3-22(4-8-23)31-30(27-13-9-24(35)19-29(27)39-31)38-25-10-5-21(6-11-25)28-14-12-26(20-33-28)37-17-2-1-16-36-18-15-34;1-5(2,3)6-4/h3-15,19-20,35H,1-2,16-18H2;1-4H3. The number of carbonyl (C=O) groups is 1. The third kappa shape index (κ3) is 10.1. The maximum absolute atomic E-state index is 13.5. The van der Waals surface area contributed by atoms with E-state index in [1.807, 2.05) is 63.2 Å². The number of aromatic hydroxyl groups is 1. The number of rotatable bonds is 12. The number of thiophene rings is 1. The Morgan fingerprint density at radius 3 is 2.20 bits per heavy atom. The molecule has 7 nitrogen and oxygen atoms in total. The Labute approximate surface area is 267 Å². The number of carbonyl (C=O) groups excluding carboxylic acids is 1. The van der Waals surface area contributed by atoms with Gasteiger partial charge in [0.15, 0.2) is 5.75 Å². The molecule has 0 atom stereocenters. The lowest BCUT2D eigenvalue weighted by Crippen LogP contribution is -2.15. The molecule has 0 aliphatic heterocycles. The molecule has 0 aliphatic carbocycles. The van der Waals surface area contributed by atoms with Gasteiger partial charge in [0.25, 0.3) is 0 Å². The van der Waals surface area contributed by atoms with Crippen molar-refractivity contribution < 1.29 is 33.2 Å². The van der Waals surface area contributed by atoms with Crippen molar-refractivity contribution in [2.75, 3.05) is 26.9 Å². The first kappa shape index (κ1) is 33.6. The molecule has 0 unspecified atom stereocenters. The van der Waals surface area contributed by atoms with Gasteiger partial charge in [-0.25, -0.2) is 4.39 Å². The first-order valence-electron chi connectivity index (χ1n) is 14.6. The highest BCUT2D eigenvalue weighted by Gasteiger charge is 2.17. The summed E-state index contributed by atoms with van der Waals surface area (Å²) in [5.41, 5.74) is 2.61. The van der Waals surface area contributed by atoms with Crippen LogP contribution in [0.3, 0.4) is 0 Å². The second-order valence-electron chi connectivity index (χ2n) is 11.1. The van der Waals surface area contributed by atoms with Crippen LogP contribution in [0, 0.1) is 5.82 Å². The van der Waals surface area contributed by atoms with Crippen LogP contribution < -0.4 is 9.47 Å². The molecule has 2 aromatic heterocycles. The van der Waals surface area contributed by atoms with Gasteiger partial charge < -0.3 is 28.8 Å². The highest BCUT2D eigenvalue weighted by atomic mass is 32.1. The van der Waals surface area contributed by atoms with Gasteiger partial charge in [0.2, 0.25) is 0 Å². The van der Waals surface area contributed by atoms with Gasteiger partial charge in [0, 0.05) is 29.4 Å². The zero-order chi connectivity index (χ0) is 32.2. The topological polar surface area (TPSA) is 87.1 Å². The molecule has 0 amide bonds. The Morgan fingerprint density at radius 1 is 0.889 bits per heavy atom. The number of unbranched alkanes of at least 4 members (excludes halogenated alkanes) is 1. The van der Waals surface area contributed by atoms with Crippen molar-refractivity contribution in [3.8, 4) is 44.7 Å². The Hall–Kier alpha value is -4.31. The summed E-state index contributed by atoms with van der Waals surface area (Å²) in [5, 5.41) is 10.8. The Kier molecular flexibility index (Phi) is 12.0. The smallest absolute Gasteiger partial charge is 0.153 e.